The van der Waals surface area contributed by atoms with Gasteiger partial charge < -0.3 is 39.5 Å². The maximum Gasteiger partial charge on any atom is 0.327 e. The molecule has 0 radical (unpaired) electrons. The molecule has 2 aromatic rings. The molecule has 2 rings (SSSR count). The van der Waals surface area contributed by atoms with E-state index in [9.17, 15) is 4.79 Å². The largest absolute Gasteiger partial charge is 0.478 e. The van der Waals surface area contributed by atoms with Crippen LogP contribution in [0.25, 0.3) is 0 Å². The molecule has 0 fully saturated rings. The van der Waals surface area contributed by atoms with Crippen molar-refractivity contribution in [1.82, 2.24) is 29.9 Å². The van der Waals surface area contributed by atoms with Crippen molar-refractivity contribution in [3.63, 3.8) is 0 Å². The van der Waals surface area contributed by atoms with Gasteiger partial charge in [0.15, 0.2) is 0 Å². The van der Waals surface area contributed by atoms with Crippen LogP contribution in [0.5, 0.6) is 0 Å². The lowest BCUT2D eigenvalue weighted by atomic mass is 10.7. The summed E-state index contributed by atoms with van der Waals surface area (Å²) in [6, 6.07) is 0. The number of aromatic nitrogens is 6. The van der Waals surface area contributed by atoms with Crippen LogP contribution in [0.4, 0.5) is 35.7 Å². The second-order valence-electron chi connectivity index (χ2n) is 3.36. The minimum absolute atomic E-state index is 0.0417. The van der Waals surface area contributed by atoms with Crippen LogP contribution in [-0.2, 0) is 4.79 Å². The first-order valence-corrected chi connectivity index (χ1v) is 5.54. The van der Waals surface area contributed by atoms with Crippen molar-refractivity contribution < 1.29 is 9.90 Å². The van der Waals surface area contributed by atoms with Crippen LogP contribution in [-0.4, -0.2) is 41.0 Å². The monoisotopic (exact) mass is 324 g/mol. The van der Waals surface area contributed by atoms with E-state index >= 15 is 0 Å². The average molecular weight is 324 g/mol. The molecule has 0 atom stereocenters. The fourth-order valence-electron chi connectivity index (χ4n) is 0.854. The number of nitrogens with two attached hydrogens (primary N) is 6. The summed E-state index contributed by atoms with van der Waals surface area (Å²) in [5, 5.41) is 7.60. The fourth-order valence-corrected chi connectivity index (χ4v) is 0.854. The Bertz CT molecular complexity index is 525. The summed E-state index contributed by atoms with van der Waals surface area (Å²) in [4.78, 5) is 30.2. The number of anilines is 6. The predicted molar refractivity (Wildman–Crippen MR) is 84.0 cm³/mol. The summed E-state index contributed by atoms with van der Waals surface area (Å²) in [5.74, 6) is -0.731. The molecule has 0 aliphatic heterocycles. The lowest BCUT2D eigenvalue weighted by Crippen LogP contribution is -2.05. The Balaban J connectivity index is 0.000000332. The van der Waals surface area contributed by atoms with E-state index in [0.29, 0.717) is 0 Å². The number of carboxylic acid groups (broad SMARTS) is 1. The van der Waals surface area contributed by atoms with Crippen molar-refractivity contribution >= 4 is 41.7 Å². The van der Waals surface area contributed by atoms with Gasteiger partial charge in [-0.2, -0.15) is 29.9 Å². The third-order valence-electron chi connectivity index (χ3n) is 1.55. The second-order valence-corrected chi connectivity index (χ2v) is 3.36. The highest BCUT2D eigenvalue weighted by atomic mass is 16.4. The van der Waals surface area contributed by atoms with Crippen LogP contribution in [0.1, 0.15) is 0 Å². The number of hydrogen-bond acceptors (Lipinski definition) is 13. The van der Waals surface area contributed by atoms with Crippen LogP contribution >= 0.6 is 0 Å². The molecular formula is C9H16N12O2. The van der Waals surface area contributed by atoms with E-state index in [0.717, 1.165) is 6.08 Å². The molecule has 0 saturated carbocycles. The maximum atomic E-state index is 9.25. The normalized spacial score (nSPS) is 8.70. The van der Waals surface area contributed by atoms with Crippen LogP contribution in [0.2, 0.25) is 0 Å². The van der Waals surface area contributed by atoms with Crippen molar-refractivity contribution in [2.45, 2.75) is 0 Å². The van der Waals surface area contributed by atoms with E-state index in [1.807, 2.05) is 0 Å². The van der Waals surface area contributed by atoms with Crippen molar-refractivity contribution in [3.05, 3.63) is 12.7 Å². The fraction of sp³-hybridized carbons (Fsp3) is 0. The molecule has 2 aromatic heterocycles. The van der Waals surface area contributed by atoms with Gasteiger partial charge in [-0.3, -0.25) is 0 Å². The molecular weight excluding hydrogens is 308 g/mol. The Morgan fingerprint density at radius 3 is 0.913 bits per heavy atom. The molecule has 0 spiro atoms. The van der Waals surface area contributed by atoms with Gasteiger partial charge in [0.05, 0.1) is 0 Å². The molecule has 0 aliphatic rings. The average Bonchev–Trinajstić information content (AvgIpc) is 2.36. The summed E-state index contributed by atoms with van der Waals surface area (Å²) >= 11 is 0. The van der Waals surface area contributed by atoms with Crippen LogP contribution < -0.4 is 34.4 Å². The highest BCUT2D eigenvalue weighted by Gasteiger charge is 1.94. The van der Waals surface area contributed by atoms with Crippen molar-refractivity contribution in [2.24, 2.45) is 0 Å². The molecule has 0 bridgehead atoms. The van der Waals surface area contributed by atoms with Crippen molar-refractivity contribution in [1.29, 1.82) is 0 Å². The lowest BCUT2D eigenvalue weighted by Gasteiger charge is -1.93. The van der Waals surface area contributed by atoms with Gasteiger partial charge in [-0.1, -0.05) is 6.58 Å². The van der Waals surface area contributed by atoms with E-state index in [1.165, 1.54) is 0 Å². The Labute approximate surface area is 129 Å². The number of nitrogen functional groups attached to an aromatic ring is 6. The van der Waals surface area contributed by atoms with Gasteiger partial charge in [0.1, 0.15) is 0 Å². The SMILES string of the molecule is C=CC(=O)O.Nc1nc(N)nc(N)n1.Nc1nc(N)nc(N)n1. The Morgan fingerprint density at radius 2 is 0.826 bits per heavy atom. The van der Waals surface area contributed by atoms with Gasteiger partial charge in [0.2, 0.25) is 35.7 Å². The molecule has 0 unspecified atom stereocenters. The molecule has 23 heavy (non-hydrogen) atoms. The molecule has 2 heterocycles. The molecule has 0 amide bonds. The van der Waals surface area contributed by atoms with E-state index < -0.39 is 5.97 Å². The lowest BCUT2D eigenvalue weighted by molar-refractivity contribution is -0.131. The van der Waals surface area contributed by atoms with Crippen LogP contribution in [0, 0.1) is 0 Å². The number of aliphatic carboxylic acids is 1. The van der Waals surface area contributed by atoms with Gasteiger partial charge in [0.25, 0.3) is 0 Å². The van der Waals surface area contributed by atoms with Gasteiger partial charge in [-0.15, -0.1) is 0 Å². The van der Waals surface area contributed by atoms with Crippen LogP contribution in [0.15, 0.2) is 12.7 Å². The second kappa shape index (κ2) is 9.06. The molecule has 14 heteroatoms. The zero-order valence-corrected chi connectivity index (χ0v) is 11.8. The van der Waals surface area contributed by atoms with Gasteiger partial charge in [-0.25, -0.2) is 4.79 Å². The summed E-state index contributed by atoms with van der Waals surface area (Å²) in [6.45, 7) is 2.96. The van der Waals surface area contributed by atoms with Crippen LogP contribution in [0.3, 0.4) is 0 Å². The minimum atomic E-state index is -0.981. The standard InChI is InChI=1S/2C3H6N6.C3H4O2/c2*4-1-7-2(5)9-3(6)8-1;1-2-3(4)5/h2*(H6,4,5,6,7,8,9);2H,1H2,(H,4,5). The first-order chi connectivity index (χ1) is 10.6. The first-order valence-electron chi connectivity index (χ1n) is 5.54. The van der Waals surface area contributed by atoms with E-state index in [-0.39, 0.29) is 35.7 Å². The molecule has 0 aliphatic carbocycles. The summed E-state index contributed by atoms with van der Waals surface area (Å²) in [6.07, 6.45) is 0.833. The smallest absolute Gasteiger partial charge is 0.327 e. The minimum Gasteiger partial charge on any atom is -0.478 e. The predicted octanol–water partition coefficient (Wildman–Crippen LogP) is -2.51. The zero-order valence-electron chi connectivity index (χ0n) is 11.8. The number of nitrogens with zero attached hydrogens (tertiary/aromatic N) is 6. The third-order valence-corrected chi connectivity index (χ3v) is 1.55. The summed E-state index contributed by atoms with van der Waals surface area (Å²) in [5.41, 5.74) is 30.8. The Morgan fingerprint density at radius 1 is 0.696 bits per heavy atom. The number of hydrogen-bond donors (Lipinski definition) is 7. The summed E-state index contributed by atoms with van der Waals surface area (Å²) < 4.78 is 0. The van der Waals surface area contributed by atoms with E-state index in [2.05, 4.69) is 36.5 Å². The number of carbonyl (C=O) groups is 1. The summed E-state index contributed by atoms with van der Waals surface area (Å²) in [7, 11) is 0. The topological polar surface area (TPSA) is 271 Å². The van der Waals surface area contributed by atoms with Crippen molar-refractivity contribution in [2.75, 3.05) is 34.4 Å². The van der Waals surface area contributed by atoms with E-state index in [4.69, 9.17) is 39.5 Å². The van der Waals surface area contributed by atoms with Gasteiger partial charge in [0, 0.05) is 6.08 Å². The molecule has 124 valence electrons. The molecule has 13 N–H and O–H groups in total. The molecule has 14 nitrogen and oxygen atoms in total. The number of carboxylic acids is 1. The Hall–Kier alpha value is -3.97. The quantitative estimate of drug-likeness (QED) is 0.267. The maximum absolute atomic E-state index is 9.25. The van der Waals surface area contributed by atoms with E-state index in [1.54, 1.807) is 0 Å². The third kappa shape index (κ3) is 9.55. The highest BCUT2D eigenvalue weighted by Crippen LogP contribution is 1.98. The van der Waals surface area contributed by atoms with Gasteiger partial charge in [-0.05, 0) is 0 Å². The highest BCUT2D eigenvalue weighted by molar-refractivity contribution is 5.78. The first kappa shape index (κ1) is 19.0. The molecule has 0 saturated heterocycles. The van der Waals surface area contributed by atoms with Crippen molar-refractivity contribution in [3.8, 4) is 0 Å². The Kier molecular flexibility index (Phi) is 7.49. The zero-order chi connectivity index (χ0) is 18.0. The molecule has 0 aromatic carbocycles. The number of rotatable bonds is 1. The van der Waals surface area contributed by atoms with Gasteiger partial charge >= 0.3 is 5.97 Å².